The first-order valence-corrected chi connectivity index (χ1v) is 7.26. The topological polar surface area (TPSA) is 77.8 Å². The van der Waals surface area contributed by atoms with E-state index in [1.165, 1.54) is 6.20 Å². The number of nitriles is 1. The van der Waals surface area contributed by atoms with Crippen LogP contribution in [0.4, 0.5) is 5.82 Å². The summed E-state index contributed by atoms with van der Waals surface area (Å²) >= 11 is 0. The molecule has 0 radical (unpaired) electrons. The first-order chi connectivity index (χ1) is 11.1. The molecule has 1 heterocycles. The molecule has 116 valence electrons. The molecule has 0 aliphatic rings. The van der Waals surface area contributed by atoms with E-state index in [-0.39, 0.29) is 11.6 Å². The van der Waals surface area contributed by atoms with Gasteiger partial charge in [-0.2, -0.15) is 5.26 Å². The van der Waals surface area contributed by atoms with E-state index >= 15 is 0 Å². The Morgan fingerprint density at radius 2 is 1.96 bits per heavy atom. The number of benzene rings is 1. The van der Waals surface area contributed by atoms with Crippen LogP contribution in [0.3, 0.4) is 0 Å². The molecule has 2 rings (SSSR count). The highest BCUT2D eigenvalue weighted by Crippen LogP contribution is 2.12. The number of hydrogen-bond acceptors (Lipinski definition) is 4. The molecule has 1 aromatic heterocycles. The minimum absolute atomic E-state index is 0.00362. The molecule has 0 aliphatic carbocycles. The zero-order valence-electron chi connectivity index (χ0n) is 13.1. The van der Waals surface area contributed by atoms with Crippen LogP contribution in [0.5, 0.6) is 0 Å². The number of carbonyl (C=O) groups is 1. The molecule has 0 spiro atoms. The van der Waals surface area contributed by atoms with Gasteiger partial charge in [0.1, 0.15) is 17.5 Å². The van der Waals surface area contributed by atoms with Gasteiger partial charge in [-0.05, 0) is 31.5 Å². The smallest absolute Gasteiger partial charge is 0.263 e. The molecule has 1 aromatic carbocycles. The van der Waals surface area contributed by atoms with Gasteiger partial charge in [-0.1, -0.05) is 36.4 Å². The second-order valence-corrected chi connectivity index (χ2v) is 5.08. The number of nitrogens with one attached hydrogen (secondary N) is 2. The number of rotatable bonds is 5. The van der Waals surface area contributed by atoms with Crippen molar-refractivity contribution >= 4 is 11.7 Å². The summed E-state index contributed by atoms with van der Waals surface area (Å²) in [5.41, 5.74) is 1.83. The maximum atomic E-state index is 12.2. The van der Waals surface area contributed by atoms with E-state index in [2.05, 4.69) is 15.6 Å². The molecule has 0 fully saturated rings. The molecule has 2 N–H and O–H groups in total. The summed E-state index contributed by atoms with van der Waals surface area (Å²) in [6, 6.07) is 16.8. The Labute approximate surface area is 135 Å². The van der Waals surface area contributed by atoms with E-state index in [1.807, 2.05) is 62.4 Å². The van der Waals surface area contributed by atoms with E-state index in [0.717, 1.165) is 11.3 Å². The van der Waals surface area contributed by atoms with Crippen molar-refractivity contribution in [3.63, 3.8) is 0 Å². The van der Waals surface area contributed by atoms with Gasteiger partial charge in [0.25, 0.3) is 5.91 Å². The molecule has 1 atom stereocenters. The number of aromatic nitrogens is 1. The number of nitrogens with zero attached hydrogens (tertiary/aromatic N) is 2. The molecule has 0 saturated carbocycles. The standard InChI is InChI=1S/C18H18N4O/c1-13-7-6-10-17(21-13)20-12-16(11-19)18(23)22-14(2)15-8-4-3-5-9-15/h3-10,12,14H,1-2H3,(H,20,21)(H,22,23)/b16-12-. The number of pyridine rings is 1. The highest BCUT2D eigenvalue weighted by atomic mass is 16.1. The van der Waals surface area contributed by atoms with E-state index in [0.29, 0.717) is 5.82 Å². The van der Waals surface area contributed by atoms with Gasteiger partial charge in [0.15, 0.2) is 0 Å². The van der Waals surface area contributed by atoms with Crippen LogP contribution in [0.25, 0.3) is 0 Å². The third kappa shape index (κ3) is 4.68. The maximum Gasteiger partial charge on any atom is 0.263 e. The fraction of sp³-hybridized carbons (Fsp3) is 0.167. The van der Waals surface area contributed by atoms with Gasteiger partial charge in [0.05, 0.1) is 6.04 Å². The van der Waals surface area contributed by atoms with Crippen LogP contribution in [0.2, 0.25) is 0 Å². The van der Waals surface area contributed by atoms with Gasteiger partial charge < -0.3 is 10.6 Å². The van der Waals surface area contributed by atoms with Crippen molar-refractivity contribution in [2.45, 2.75) is 19.9 Å². The summed E-state index contributed by atoms with van der Waals surface area (Å²) in [6.45, 7) is 3.74. The van der Waals surface area contributed by atoms with Gasteiger partial charge >= 0.3 is 0 Å². The fourth-order valence-electron chi connectivity index (χ4n) is 2.02. The minimum Gasteiger partial charge on any atom is -0.345 e. The molecule has 1 unspecified atom stereocenters. The van der Waals surface area contributed by atoms with Crippen molar-refractivity contribution in [1.82, 2.24) is 10.3 Å². The van der Waals surface area contributed by atoms with Crippen molar-refractivity contribution in [2.75, 3.05) is 5.32 Å². The molecular weight excluding hydrogens is 288 g/mol. The lowest BCUT2D eigenvalue weighted by atomic mass is 10.1. The Balaban J connectivity index is 2.04. The minimum atomic E-state index is -0.427. The lowest BCUT2D eigenvalue weighted by molar-refractivity contribution is -0.117. The predicted molar refractivity (Wildman–Crippen MR) is 89.3 cm³/mol. The molecule has 5 heteroatoms. The second-order valence-electron chi connectivity index (χ2n) is 5.08. The summed E-state index contributed by atoms with van der Waals surface area (Å²) in [5.74, 6) is 0.158. The van der Waals surface area contributed by atoms with Crippen LogP contribution in [0.1, 0.15) is 24.2 Å². The third-order valence-electron chi connectivity index (χ3n) is 3.26. The van der Waals surface area contributed by atoms with Gasteiger partial charge in [-0.15, -0.1) is 0 Å². The summed E-state index contributed by atoms with van der Waals surface area (Å²) in [4.78, 5) is 16.4. The van der Waals surface area contributed by atoms with E-state index < -0.39 is 5.91 Å². The van der Waals surface area contributed by atoms with E-state index in [9.17, 15) is 10.1 Å². The zero-order valence-corrected chi connectivity index (χ0v) is 13.1. The summed E-state index contributed by atoms with van der Waals surface area (Å²) in [7, 11) is 0. The number of hydrogen-bond donors (Lipinski definition) is 2. The predicted octanol–water partition coefficient (Wildman–Crippen LogP) is 3.09. The Bertz CT molecular complexity index is 747. The number of aryl methyl sites for hydroxylation is 1. The zero-order chi connectivity index (χ0) is 16.7. The van der Waals surface area contributed by atoms with Crippen molar-refractivity contribution in [3.05, 3.63) is 71.6 Å². The highest BCUT2D eigenvalue weighted by Gasteiger charge is 2.13. The van der Waals surface area contributed by atoms with E-state index in [1.54, 1.807) is 6.07 Å². The normalized spacial score (nSPS) is 12.1. The quantitative estimate of drug-likeness (QED) is 0.657. The van der Waals surface area contributed by atoms with Crippen LogP contribution < -0.4 is 10.6 Å². The monoisotopic (exact) mass is 306 g/mol. The average Bonchev–Trinajstić information content (AvgIpc) is 2.56. The number of amides is 1. The molecule has 5 nitrogen and oxygen atoms in total. The summed E-state index contributed by atoms with van der Waals surface area (Å²) in [5, 5.41) is 14.9. The van der Waals surface area contributed by atoms with Crippen LogP contribution >= 0.6 is 0 Å². The van der Waals surface area contributed by atoms with Crippen LogP contribution in [0, 0.1) is 18.3 Å². The first kappa shape index (κ1) is 16.2. The van der Waals surface area contributed by atoms with Crippen LogP contribution in [0.15, 0.2) is 60.3 Å². The molecule has 0 saturated heterocycles. The van der Waals surface area contributed by atoms with Crippen molar-refractivity contribution in [2.24, 2.45) is 0 Å². The van der Waals surface area contributed by atoms with Gasteiger partial charge in [0.2, 0.25) is 0 Å². The Morgan fingerprint density at radius 1 is 1.22 bits per heavy atom. The third-order valence-corrected chi connectivity index (χ3v) is 3.26. The molecule has 23 heavy (non-hydrogen) atoms. The van der Waals surface area contributed by atoms with Crippen LogP contribution in [-0.2, 0) is 4.79 Å². The Hall–Kier alpha value is -3.13. The molecule has 0 aliphatic heterocycles. The van der Waals surface area contributed by atoms with Gasteiger partial charge in [-0.3, -0.25) is 4.79 Å². The maximum absolute atomic E-state index is 12.2. The summed E-state index contributed by atoms with van der Waals surface area (Å²) in [6.07, 6.45) is 1.37. The van der Waals surface area contributed by atoms with Gasteiger partial charge in [-0.25, -0.2) is 4.98 Å². The van der Waals surface area contributed by atoms with Crippen molar-refractivity contribution in [1.29, 1.82) is 5.26 Å². The first-order valence-electron chi connectivity index (χ1n) is 7.26. The average molecular weight is 306 g/mol. The molecule has 2 aromatic rings. The lowest BCUT2D eigenvalue weighted by Gasteiger charge is -2.13. The van der Waals surface area contributed by atoms with E-state index in [4.69, 9.17) is 0 Å². The SMILES string of the molecule is Cc1cccc(N/C=C(/C#N)C(=O)NC(C)c2ccccc2)n1. The van der Waals surface area contributed by atoms with Gasteiger partial charge in [0, 0.05) is 11.9 Å². The Kier molecular flexibility index (Phi) is 5.48. The molecule has 1 amide bonds. The fourth-order valence-corrected chi connectivity index (χ4v) is 2.02. The van der Waals surface area contributed by atoms with Crippen LogP contribution in [-0.4, -0.2) is 10.9 Å². The van der Waals surface area contributed by atoms with Crippen molar-refractivity contribution < 1.29 is 4.79 Å². The largest absolute Gasteiger partial charge is 0.345 e. The second kappa shape index (κ2) is 7.76. The lowest BCUT2D eigenvalue weighted by Crippen LogP contribution is -2.28. The number of anilines is 1. The Morgan fingerprint density at radius 3 is 2.61 bits per heavy atom. The summed E-state index contributed by atoms with van der Waals surface area (Å²) < 4.78 is 0. The highest BCUT2D eigenvalue weighted by molar-refractivity contribution is 5.97. The van der Waals surface area contributed by atoms with Crippen molar-refractivity contribution in [3.8, 4) is 6.07 Å². The number of carbonyl (C=O) groups excluding carboxylic acids is 1. The molecular formula is C18H18N4O. The molecule has 0 bridgehead atoms.